The maximum Gasteiger partial charge on any atom is 0.323 e. The lowest BCUT2D eigenvalue weighted by molar-refractivity contribution is -0.163. The van der Waals surface area contributed by atoms with Crippen LogP contribution in [0.4, 0.5) is 17.6 Å². The summed E-state index contributed by atoms with van der Waals surface area (Å²) in [5, 5.41) is 2.85. The molecule has 472 valence electrons. The minimum Gasteiger partial charge on any atom is -0.459 e. The van der Waals surface area contributed by atoms with Crippen molar-refractivity contribution in [3.05, 3.63) is 29.3 Å². The molecule has 22 nitrogen and oxygen atoms in total. The van der Waals surface area contributed by atoms with Gasteiger partial charge in [-0.05, 0) is 89.5 Å². The number of esters is 5. The number of nitrogens with zero attached hydrogens (tertiary/aromatic N) is 4. The largest absolute Gasteiger partial charge is 0.459 e. The summed E-state index contributed by atoms with van der Waals surface area (Å²) in [5.74, 6) is -11.7. The lowest BCUT2D eigenvalue weighted by Gasteiger charge is -2.37. The van der Waals surface area contributed by atoms with Crippen molar-refractivity contribution in [3.63, 3.8) is 0 Å². The second-order valence-corrected chi connectivity index (χ2v) is 23.3. The van der Waals surface area contributed by atoms with E-state index in [1.807, 2.05) is 19.6 Å². The zero-order valence-corrected chi connectivity index (χ0v) is 50.5. The normalized spacial score (nSPS) is 15.5. The van der Waals surface area contributed by atoms with E-state index in [0.29, 0.717) is 65.7 Å². The maximum atomic E-state index is 14.1. The van der Waals surface area contributed by atoms with Crippen molar-refractivity contribution in [2.75, 3.05) is 158 Å². The smallest absolute Gasteiger partial charge is 0.323 e. The summed E-state index contributed by atoms with van der Waals surface area (Å²) >= 11 is 0. The predicted molar refractivity (Wildman–Crippen MR) is 292 cm³/mol. The van der Waals surface area contributed by atoms with E-state index in [9.17, 15) is 46.3 Å². The molecule has 0 spiro atoms. The molecule has 1 unspecified atom stereocenters. The minimum atomic E-state index is -1.82. The molecule has 0 radical (unpaired) electrons. The standard InChI is InChI=1S/C56H93F4N5O17/c1-53(2,3)79-46(68)38-62-17-19-63(39-47(69)80-54(4,5)6)21-23-65(24-22-64(20-18-62)40-48(70)81-55(7,8)9)43(52(71)82-56(10,11)12)13-14-44(66)61-16-26-73-28-30-75-32-34-77-36-35-76-33-31-74-29-27-72-25-15-45(67)78-51-49(59)41(57)37-42(58)50(51)60/h37,43H,13-36,38-40H2,1-12H3,(H,61,66). The van der Waals surface area contributed by atoms with Gasteiger partial charge in [0, 0.05) is 71.4 Å². The van der Waals surface area contributed by atoms with Crippen LogP contribution >= 0.6 is 0 Å². The Labute approximate surface area is 481 Å². The van der Waals surface area contributed by atoms with Gasteiger partial charge in [-0.15, -0.1) is 0 Å². The van der Waals surface area contributed by atoms with Crippen LogP contribution in [0, 0.1) is 23.3 Å². The van der Waals surface area contributed by atoms with E-state index in [2.05, 4.69) is 10.1 Å². The summed E-state index contributed by atoms with van der Waals surface area (Å²) in [6, 6.07) is -0.875. The second kappa shape index (κ2) is 37.6. The highest BCUT2D eigenvalue weighted by atomic mass is 19.2. The molecule has 1 aromatic carbocycles. The van der Waals surface area contributed by atoms with Crippen molar-refractivity contribution < 1.29 is 98.4 Å². The Hall–Kier alpha value is -4.64. The van der Waals surface area contributed by atoms with E-state index < -0.39 is 93.7 Å². The molecule has 1 amide bonds. The molecule has 1 aliphatic rings. The van der Waals surface area contributed by atoms with Gasteiger partial charge >= 0.3 is 29.8 Å². The quantitative estimate of drug-likeness (QED) is 0.0255. The monoisotopic (exact) mass is 1180 g/mol. The first kappa shape index (κ1) is 73.5. The molecule has 1 atom stereocenters. The molecule has 0 aromatic heterocycles. The Balaban J connectivity index is 1.84. The van der Waals surface area contributed by atoms with Crippen molar-refractivity contribution in [1.29, 1.82) is 0 Å². The number of hydrogen-bond acceptors (Lipinski definition) is 21. The van der Waals surface area contributed by atoms with Crippen LogP contribution in [0.2, 0.25) is 0 Å². The molecule has 1 aromatic rings. The number of rotatable bonds is 33. The van der Waals surface area contributed by atoms with Gasteiger partial charge in [-0.25, -0.2) is 8.78 Å². The van der Waals surface area contributed by atoms with Crippen LogP contribution in [0.5, 0.6) is 5.75 Å². The van der Waals surface area contributed by atoms with Gasteiger partial charge < -0.3 is 57.4 Å². The Kier molecular flexibility index (Phi) is 33.7. The highest BCUT2D eigenvalue weighted by molar-refractivity contribution is 5.79. The fraction of sp³-hybridized carbons (Fsp3) is 0.786. The van der Waals surface area contributed by atoms with Crippen LogP contribution in [0.3, 0.4) is 0 Å². The van der Waals surface area contributed by atoms with Crippen molar-refractivity contribution >= 4 is 35.8 Å². The van der Waals surface area contributed by atoms with Crippen LogP contribution < -0.4 is 10.1 Å². The van der Waals surface area contributed by atoms with Gasteiger partial charge in [0.1, 0.15) is 28.4 Å². The number of nitrogens with one attached hydrogen (secondary N) is 1. The first-order valence-corrected chi connectivity index (χ1v) is 27.9. The first-order chi connectivity index (χ1) is 38.3. The molecular formula is C56H93F4N5O17. The summed E-state index contributed by atoms with van der Waals surface area (Å²) in [6.45, 7) is 26.7. The highest BCUT2D eigenvalue weighted by Crippen LogP contribution is 2.27. The topological polar surface area (TPSA) is 229 Å². The van der Waals surface area contributed by atoms with Gasteiger partial charge in [-0.2, -0.15) is 8.78 Å². The molecule has 1 fully saturated rings. The van der Waals surface area contributed by atoms with E-state index in [4.69, 9.17) is 47.4 Å². The number of carbonyl (C=O) groups is 6. The van der Waals surface area contributed by atoms with Crippen LogP contribution in [-0.2, 0) is 76.1 Å². The predicted octanol–water partition coefficient (Wildman–Crippen LogP) is 4.49. The third-order valence-corrected chi connectivity index (χ3v) is 11.1. The Morgan fingerprint density at radius 3 is 1.13 bits per heavy atom. The van der Waals surface area contributed by atoms with Crippen LogP contribution in [-0.4, -0.2) is 242 Å². The molecule has 82 heavy (non-hydrogen) atoms. The van der Waals surface area contributed by atoms with Crippen molar-refractivity contribution in [2.24, 2.45) is 0 Å². The Morgan fingerprint density at radius 2 is 0.780 bits per heavy atom. The fourth-order valence-electron chi connectivity index (χ4n) is 7.61. The van der Waals surface area contributed by atoms with Crippen LogP contribution in [0.15, 0.2) is 6.07 Å². The van der Waals surface area contributed by atoms with Gasteiger partial charge in [-0.3, -0.25) is 48.4 Å². The lowest BCUT2D eigenvalue weighted by atomic mass is 10.1. The zero-order chi connectivity index (χ0) is 61.5. The van der Waals surface area contributed by atoms with E-state index in [1.54, 1.807) is 83.1 Å². The van der Waals surface area contributed by atoms with Crippen molar-refractivity contribution in [1.82, 2.24) is 24.9 Å². The van der Waals surface area contributed by atoms with Gasteiger partial charge in [-0.1, -0.05) is 0 Å². The van der Waals surface area contributed by atoms with E-state index in [-0.39, 0.29) is 117 Å². The van der Waals surface area contributed by atoms with Crippen LogP contribution in [0.1, 0.15) is 102 Å². The maximum absolute atomic E-state index is 14.1. The number of hydrogen-bond donors (Lipinski definition) is 1. The van der Waals surface area contributed by atoms with Gasteiger partial charge in [0.05, 0.1) is 105 Å². The number of carbonyl (C=O) groups excluding carboxylic acids is 6. The van der Waals surface area contributed by atoms with Crippen molar-refractivity contribution in [2.45, 2.75) is 131 Å². The summed E-state index contributed by atoms with van der Waals surface area (Å²) in [6.07, 6.45) is -0.340. The first-order valence-electron chi connectivity index (χ1n) is 27.9. The molecular weight excluding hydrogens is 1090 g/mol. The molecule has 2 rings (SSSR count). The van der Waals surface area contributed by atoms with E-state index in [0.717, 1.165) is 0 Å². The molecule has 1 aliphatic heterocycles. The van der Waals surface area contributed by atoms with Gasteiger partial charge in [0.2, 0.25) is 23.3 Å². The third kappa shape index (κ3) is 35.5. The van der Waals surface area contributed by atoms with Crippen molar-refractivity contribution in [3.8, 4) is 5.75 Å². The summed E-state index contributed by atoms with van der Waals surface area (Å²) in [7, 11) is 0. The number of halogens is 4. The average molecular weight is 1180 g/mol. The molecule has 0 saturated carbocycles. The Morgan fingerprint density at radius 1 is 0.451 bits per heavy atom. The second-order valence-electron chi connectivity index (χ2n) is 23.3. The molecule has 26 heteroatoms. The lowest BCUT2D eigenvalue weighted by Crippen LogP contribution is -2.53. The number of ether oxygens (including phenoxy) is 11. The van der Waals surface area contributed by atoms with Gasteiger partial charge in [0.15, 0.2) is 11.6 Å². The molecule has 1 saturated heterocycles. The molecule has 1 N–H and O–H groups in total. The SMILES string of the molecule is CC(C)(C)OC(=O)CN1CCN(CC(=O)OC(C)(C)C)CCN(C(CCC(=O)NCCOCCOCCOCCOCCOCCOCCC(=O)Oc2c(F)c(F)cc(F)c2F)C(=O)OC(C)(C)C)CCN(CC(=O)OC(C)(C)C)CC1. The van der Waals surface area contributed by atoms with Gasteiger partial charge in [0.25, 0.3) is 0 Å². The molecule has 0 bridgehead atoms. The molecule has 0 aliphatic carbocycles. The average Bonchev–Trinajstić information content (AvgIpc) is 3.48. The third-order valence-electron chi connectivity index (χ3n) is 11.1. The Bertz CT molecular complexity index is 2030. The zero-order valence-electron chi connectivity index (χ0n) is 50.5. The van der Waals surface area contributed by atoms with Crippen LogP contribution in [0.25, 0.3) is 0 Å². The number of benzene rings is 1. The molecule has 1 heterocycles. The minimum absolute atomic E-state index is 0.00598. The number of amides is 1. The highest BCUT2D eigenvalue weighted by Gasteiger charge is 2.33. The summed E-state index contributed by atoms with van der Waals surface area (Å²) in [4.78, 5) is 86.6. The van der Waals surface area contributed by atoms with E-state index >= 15 is 0 Å². The summed E-state index contributed by atoms with van der Waals surface area (Å²) in [5.41, 5.74) is -3.00. The van der Waals surface area contributed by atoms with E-state index in [1.165, 1.54) is 0 Å². The summed E-state index contributed by atoms with van der Waals surface area (Å²) < 4.78 is 114. The fourth-order valence-corrected chi connectivity index (χ4v) is 7.61.